The third-order valence-corrected chi connectivity index (χ3v) is 16.4. The molecule has 0 saturated heterocycles. The highest BCUT2D eigenvalue weighted by molar-refractivity contribution is 5.88. The van der Waals surface area contributed by atoms with E-state index in [2.05, 4.69) is 64.8 Å². The molecular formula is C44H66N2O5. The van der Waals surface area contributed by atoms with Crippen molar-refractivity contribution < 1.29 is 24.9 Å². The number of allylic oxidation sites excluding steroid dienone is 3. The molecule has 4 saturated carbocycles. The third kappa shape index (κ3) is 6.06. The SMILES string of the molecule is C=C(C)[C@@H]1CC[C@]2(CNCCC(=O)NC(C)(CO)CO)CC[C@]3(C)[C@H](CC[C@@H]4[C@@]5(C)CC=C(c6ccc(C(=O)O)cc6)C(C)(C)[C@@H]5CC[C@]43C)[C@@H]12. The number of carboxylic acid groups (broad SMARTS) is 1. The normalized spacial score (nSPS) is 38.4. The quantitative estimate of drug-likeness (QED) is 0.118. The van der Waals surface area contributed by atoms with E-state index < -0.39 is 11.5 Å². The molecule has 1 amide bonds. The van der Waals surface area contributed by atoms with Gasteiger partial charge in [-0.25, -0.2) is 4.79 Å². The van der Waals surface area contributed by atoms with Crippen LogP contribution in [0, 0.1) is 56.7 Å². The van der Waals surface area contributed by atoms with Gasteiger partial charge < -0.3 is 26.0 Å². The molecule has 5 N–H and O–H groups in total. The summed E-state index contributed by atoms with van der Waals surface area (Å²) in [7, 11) is 0. The van der Waals surface area contributed by atoms with Gasteiger partial charge in [0.05, 0.1) is 24.3 Å². The largest absolute Gasteiger partial charge is 0.478 e. The van der Waals surface area contributed by atoms with E-state index in [9.17, 15) is 24.9 Å². The minimum atomic E-state index is -0.998. The molecule has 0 aromatic heterocycles. The van der Waals surface area contributed by atoms with Gasteiger partial charge in [-0.1, -0.05) is 65.0 Å². The van der Waals surface area contributed by atoms with Gasteiger partial charge in [-0.2, -0.15) is 0 Å². The minimum absolute atomic E-state index is 0.00751. The average molecular weight is 703 g/mol. The van der Waals surface area contributed by atoms with Crippen LogP contribution < -0.4 is 10.6 Å². The fraction of sp³-hybridized carbons (Fsp3) is 0.727. The summed E-state index contributed by atoms with van der Waals surface area (Å²) in [6.07, 6.45) is 13.8. The summed E-state index contributed by atoms with van der Waals surface area (Å²) in [6, 6.07) is 7.54. The summed E-state index contributed by atoms with van der Waals surface area (Å²) in [5.74, 6) is 1.96. The second-order valence-electron chi connectivity index (χ2n) is 19.3. The van der Waals surface area contributed by atoms with Crippen LogP contribution >= 0.6 is 0 Å². The number of benzene rings is 1. The highest BCUT2D eigenvalue weighted by atomic mass is 16.4. The monoisotopic (exact) mass is 702 g/mol. The Balaban J connectivity index is 1.23. The fourth-order valence-corrected chi connectivity index (χ4v) is 13.5. The maximum atomic E-state index is 12.7. The number of aromatic carboxylic acids is 1. The first-order chi connectivity index (χ1) is 23.9. The molecule has 0 spiro atoms. The van der Waals surface area contributed by atoms with Crippen molar-refractivity contribution in [2.75, 3.05) is 26.3 Å². The van der Waals surface area contributed by atoms with E-state index in [-0.39, 0.29) is 46.2 Å². The highest BCUT2D eigenvalue weighted by Crippen LogP contribution is 2.77. The Morgan fingerprint density at radius 2 is 1.59 bits per heavy atom. The fourth-order valence-electron chi connectivity index (χ4n) is 13.5. The Bertz CT molecular complexity index is 1540. The van der Waals surface area contributed by atoms with E-state index in [4.69, 9.17) is 0 Å². The molecule has 6 rings (SSSR count). The van der Waals surface area contributed by atoms with E-state index in [0.29, 0.717) is 48.1 Å². The molecule has 0 heterocycles. The number of fused-ring (bicyclic) bond motifs is 7. The number of aliphatic hydroxyl groups is 2. The standard InChI is InChI=1S/C44H66N2O5/c1-28(2)31-15-21-44(25-45-24-18-36(49)46-40(5,26-47)27-48)23-22-42(7)33(37(31)44)13-14-35-41(6)19-16-32(29-9-11-30(12-10-29)38(50)51)39(3,4)34(41)17-20-43(35,42)8/h9-12,16,31,33-35,37,45,47-48H,1,13-15,17-27H2,2-8H3,(H,46,49)(H,50,51)/t31-,33+,34-,35+,37+,41-,42+,43+,44+/m0/s1. The number of carbonyl (C=O) groups excluding carboxylic acids is 1. The van der Waals surface area contributed by atoms with Crippen LogP contribution in [0.3, 0.4) is 0 Å². The van der Waals surface area contributed by atoms with Crippen LogP contribution in [0.4, 0.5) is 0 Å². The van der Waals surface area contributed by atoms with Crippen LogP contribution in [0.1, 0.15) is 129 Å². The van der Waals surface area contributed by atoms with Crippen LogP contribution in [-0.2, 0) is 4.79 Å². The summed E-state index contributed by atoms with van der Waals surface area (Å²) in [6.45, 7) is 22.3. The molecule has 0 unspecified atom stereocenters. The van der Waals surface area contributed by atoms with Crippen molar-refractivity contribution in [3.8, 4) is 0 Å². The van der Waals surface area contributed by atoms with Crippen LogP contribution in [0.5, 0.6) is 0 Å². The van der Waals surface area contributed by atoms with Crippen molar-refractivity contribution in [2.24, 2.45) is 56.7 Å². The van der Waals surface area contributed by atoms with Crippen LogP contribution in [-0.4, -0.2) is 59.0 Å². The number of hydrogen-bond acceptors (Lipinski definition) is 5. The maximum absolute atomic E-state index is 12.7. The molecule has 7 nitrogen and oxygen atoms in total. The molecule has 9 atom stereocenters. The van der Waals surface area contributed by atoms with Gasteiger partial charge in [0, 0.05) is 19.5 Å². The van der Waals surface area contributed by atoms with E-state index in [1.54, 1.807) is 19.1 Å². The lowest BCUT2D eigenvalue weighted by Crippen LogP contribution is -2.65. The number of nitrogens with one attached hydrogen (secondary N) is 2. The summed E-state index contributed by atoms with van der Waals surface area (Å²) in [4.78, 5) is 24.2. The van der Waals surface area contributed by atoms with E-state index in [0.717, 1.165) is 18.5 Å². The van der Waals surface area contributed by atoms with Gasteiger partial charge in [-0.05, 0) is 152 Å². The number of carbonyl (C=O) groups is 2. The second-order valence-corrected chi connectivity index (χ2v) is 19.3. The van der Waals surface area contributed by atoms with Crippen molar-refractivity contribution in [1.82, 2.24) is 10.6 Å². The second kappa shape index (κ2) is 13.4. The average Bonchev–Trinajstić information content (AvgIpc) is 3.47. The van der Waals surface area contributed by atoms with Crippen molar-refractivity contribution >= 4 is 17.4 Å². The van der Waals surface area contributed by atoms with Crippen LogP contribution in [0.25, 0.3) is 5.57 Å². The molecule has 0 radical (unpaired) electrons. The molecule has 0 aliphatic heterocycles. The molecule has 282 valence electrons. The predicted octanol–water partition coefficient (Wildman–Crippen LogP) is 7.87. The highest BCUT2D eigenvalue weighted by Gasteiger charge is 2.70. The summed E-state index contributed by atoms with van der Waals surface area (Å²) in [5.41, 5.74) is 4.12. The van der Waals surface area contributed by atoms with Crippen molar-refractivity contribution in [1.29, 1.82) is 0 Å². The summed E-state index contributed by atoms with van der Waals surface area (Å²) < 4.78 is 0. The van der Waals surface area contributed by atoms with Crippen molar-refractivity contribution in [2.45, 2.75) is 118 Å². The molecule has 1 aromatic carbocycles. The minimum Gasteiger partial charge on any atom is -0.478 e. The first-order valence-corrected chi connectivity index (χ1v) is 19.8. The number of rotatable bonds is 11. The Morgan fingerprint density at radius 3 is 2.22 bits per heavy atom. The van der Waals surface area contributed by atoms with Gasteiger partial charge in [-0.15, -0.1) is 0 Å². The summed E-state index contributed by atoms with van der Waals surface area (Å²) in [5, 5.41) is 35.2. The van der Waals surface area contributed by atoms with E-state index in [1.807, 2.05) is 12.1 Å². The maximum Gasteiger partial charge on any atom is 0.335 e. The molecule has 1 aromatic rings. The zero-order valence-electron chi connectivity index (χ0n) is 32.5. The number of carboxylic acids is 1. The van der Waals surface area contributed by atoms with E-state index >= 15 is 0 Å². The van der Waals surface area contributed by atoms with Gasteiger partial charge in [0.15, 0.2) is 0 Å². The molecule has 5 aliphatic rings. The Labute approximate surface area is 307 Å². The molecule has 51 heavy (non-hydrogen) atoms. The van der Waals surface area contributed by atoms with Gasteiger partial charge in [-0.3, -0.25) is 4.79 Å². The van der Waals surface area contributed by atoms with Gasteiger partial charge in [0.1, 0.15) is 0 Å². The molecule has 0 bridgehead atoms. The third-order valence-electron chi connectivity index (χ3n) is 16.4. The number of aliphatic hydroxyl groups excluding tert-OH is 2. The van der Waals surface area contributed by atoms with Crippen molar-refractivity contribution in [3.05, 3.63) is 53.6 Å². The number of amides is 1. The van der Waals surface area contributed by atoms with Gasteiger partial charge in [0.2, 0.25) is 5.91 Å². The molecule has 5 aliphatic carbocycles. The molecule has 7 heteroatoms. The van der Waals surface area contributed by atoms with Gasteiger partial charge >= 0.3 is 5.97 Å². The lowest BCUT2D eigenvalue weighted by molar-refractivity contribution is -0.225. The Kier molecular flexibility index (Phi) is 10.1. The topological polar surface area (TPSA) is 119 Å². The Morgan fingerprint density at radius 1 is 0.902 bits per heavy atom. The van der Waals surface area contributed by atoms with E-state index in [1.165, 1.54) is 62.5 Å². The summed E-state index contributed by atoms with van der Waals surface area (Å²) >= 11 is 0. The van der Waals surface area contributed by atoms with Crippen molar-refractivity contribution in [3.63, 3.8) is 0 Å². The molecular weight excluding hydrogens is 636 g/mol. The predicted molar refractivity (Wildman–Crippen MR) is 204 cm³/mol. The Hall–Kier alpha value is -2.48. The van der Waals surface area contributed by atoms with Gasteiger partial charge in [0.25, 0.3) is 0 Å². The lowest BCUT2D eigenvalue weighted by Gasteiger charge is -2.72. The zero-order chi connectivity index (χ0) is 37.2. The molecule has 4 fully saturated rings. The zero-order valence-corrected chi connectivity index (χ0v) is 32.5. The first kappa shape index (κ1) is 38.3. The smallest absolute Gasteiger partial charge is 0.335 e. The first-order valence-electron chi connectivity index (χ1n) is 19.8. The van der Waals surface area contributed by atoms with Crippen LogP contribution in [0.15, 0.2) is 42.5 Å². The number of hydrogen-bond donors (Lipinski definition) is 5. The lowest BCUT2D eigenvalue weighted by atomic mass is 9.32. The van der Waals surface area contributed by atoms with Crippen LogP contribution in [0.2, 0.25) is 0 Å².